The molecule has 80 valence electrons. The van der Waals surface area contributed by atoms with Crippen molar-refractivity contribution < 1.29 is 9.90 Å². The van der Waals surface area contributed by atoms with Crippen LogP contribution in [0.5, 0.6) is 0 Å². The summed E-state index contributed by atoms with van der Waals surface area (Å²) in [7, 11) is 0. The lowest BCUT2D eigenvalue weighted by Crippen LogP contribution is -1.89. The molecular weight excluding hydrogens is 208 g/mol. The average Bonchev–Trinajstić information content (AvgIpc) is 2.55. The number of rotatable bonds is 2. The first kappa shape index (κ1) is 10.4. The Morgan fingerprint density at radius 1 is 1.27 bits per heavy atom. The molecule has 0 atom stereocenters. The van der Waals surface area contributed by atoms with Crippen LogP contribution in [0.1, 0.15) is 46.7 Å². The minimum Gasteiger partial charge on any atom is -0.477 e. The van der Waals surface area contributed by atoms with Crippen LogP contribution in [0.3, 0.4) is 0 Å². The molecule has 0 bridgehead atoms. The van der Waals surface area contributed by atoms with Gasteiger partial charge < -0.3 is 5.11 Å². The minimum atomic E-state index is -0.819. The first-order valence-electron chi connectivity index (χ1n) is 5.30. The summed E-state index contributed by atoms with van der Waals surface area (Å²) in [6, 6.07) is 3.64. The third-order valence-electron chi connectivity index (χ3n) is 2.67. The Kier molecular flexibility index (Phi) is 3.21. The highest BCUT2D eigenvalue weighted by Gasteiger charge is 2.11. The van der Waals surface area contributed by atoms with E-state index in [0.29, 0.717) is 4.88 Å². The molecule has 1 aromatic heterocycles. The zero-order valence-electron chi connectivity index (χ0n) is 8.53. The first-order valence-corrected chi connectivity index (χ1v) is 6.11. The van der Waals surface area contributed by atoms with Gasteiger partial charge >= 0.3 is 5.97 Å². The maximum atomic E-state index is 10.8. The van der Waals surface area contributed by atoms with Gasteiger partial charge in [0.05, 0.1) is 0 Å². The van der Waals surface area contributed by atoms with Crippen LogP contribution in [0.2, 0.25) is 0 Å². The van der Waals surface area contributed by atoms with Crippen LogP contribution in [-0.4, -0.2) is 11.1 Å². The Hall–Kier alpha value is -1.09. The van der Waals surface area contributed by atoms with Gasteiger partial charge in [-0.25, -0.2) is 4.79 Å². The molecule has 3 heteroatoms. The van der Waals surface area contributed by atoms with Crippen molar-refractivity contribution in [3.63, 3.8) is 0 Å². The molecular formula is C12H14O2S. The van der Waals surface area contributed by atoms with Gasteiger partial charge in [-0.1, -0.05) is 12.5 Å². The van der Waals surface area contributed by atoms with Crippen molar-refractivity contribution in [3.05, 3.63) is 28.0 Å². The molecule has 2 nitrogen and oxygen atoms in total. The molecule has 0 amide bonds. The Balaban J connectivity index is 2.20. The van der Waals surface area contributed by atoms with Gasteiger partial charge in [0.25, 0.3) is 0 Å². The molecule has 1 aliphatic rings. The van der Waals surface area contributed by atoms with Gasteiger partial charge in [-0.2, -0.15) is 0 Å². The van der Waals surface area contributed by atoms with Crippen molar-refractivity contribution in [1.82, 2.24) is 0 Å². The summed E-state index contributed by atoms with van der Waals surface area (Å²) in [6.45, 7) is 0. The van der Waals surface area contributed by atoms with Crippen LogP contribution in [0.25, 0.3) is 5.57 Å². The lowest BCUT2D eigenvalue weighted by molar-refractivity contribution is 0.0702. The second-order valence-corrected chi connectivity index (χ2v) is 4.88. The van der Waals surface area contributed by atoms with Crippen LogP contribution in [-0.2, 0) is 0 Å². The summed E-state index contributed by atoms with van der Waals surface area (Å²) in [6.07, 6.45) is 8.28. The van der Waals surface area contributed by atoms with Crippen molar-refractivity contribution in [3.8, 4) is 0 Å². The number of thiophene rings is 1. The second kappa shape index (κ2) is 4.62. The van der Waals surface area contributed by atoms with E-state index in [0.717, 1.165) is 17.7 Å². The van der Waals surface area contributed by atoms with E-state index < -0.39 is 5.97 Å². The average molecular weight is 222 g/mol. The highest BCUT2D eigenvalue weighted by molar-refractivity contribution is 7.15. The number of hydrogen-bond donors (Lipinski definition) is 1. The van der Waals surface area contributed by atoms with Crippen molar-refractivity contribution in [1.29, 1.82) is 0 Å². The lowest BCUT2D eigenvalue weighted by Gasteiger charge is -2.00. The van der Waals surface area contributed by atoms with Crippen LogP contribution in [0, 0.1) is 0 Å². The van der Waals surface area contributed by atoms with E-state index in [1.165, 1.54) is 36.2 Å². The summed E-state index contributed by atoms with van der Waals surface area (Å²) in [5.41, 5.74) is 1.34. The maximum absolute atomic E-state index is 10.8. The highest BCUT2D eigenvalue weighted by atomic mass is 32.1. The number of allylic oxidation sites excluding steroid dienone is 2. The molecule has 0 fully saturated rings. The van der Waals surface area contributed by atoms with E-state index >= 15 is 0 Å². The number of hydrogen-bond acceptors (Lipinski definition) is 2. The molecule has 0 spiro atoms. The van der Waals surface area contributed by atoms with Crippen LogP contribution < -0.4 is 0 Å². The number of aromatic carboxylic acids is 1. The molecule has 1 N–H and O–H groups in total. The van der Waals surface area contributed by atoms with Crippen molar-refractivity contribution in [2.45, 2.75) is 32.1 Å². The summed E-state index contributed by atoms with van der Waals surface area (Å²) in [4.78, 5) is 12.3. The van der Waals surface area contributed by atoms with E-state index in [1.54, 1.807) is 6.07 Å². The second-order valence-electron chi connectivity index (χ2n) is 3.80. The first-order chi connectivity index (χ1) is 7.27. The van der Waals surface area contributed by atoms with Crippen LogP contribution in [0.15, 0.2) is 18.2 Å². The van der Waals surface area contributed by atoms with Gasteiger partial charge in [0, 0.05) is 4.88 Å². The summed E-state index contributed by atoms with van der Waals surface area (Å²) in [5, 5.41) is 8.84. The standard InChI is InChI=1S/C12H14O2S/c13-12(14)11-8-7-10(15-11)9-5-3-1-2-4-6-9/h5,7-8H,1-4,6H2,(H,13,14). The number of carboxylic acids is 1. The Labute approximate surface area is 93.3 Å². The minimum absolute atomic E-state index is 0.440. The van der Waals surface area contributed by atoms with Gasteiger partial charge in [-0.3, -0.25) is 0 Å². The molecule has 1 heterocycles. The molecule has 0 aromatic carbocycles. The quantitative estimate of drug-likeness (QED) is 0.826. The number of carbonyl (C=O) groups is 1. The van der Waals surface area contributed by atoms with E-state index in [9.17, 15) is 4.79 Å². The maximum Gasteiger partial charge on any atom is 0.345 e. The van der Waals surface area contributed by atoms with Gasteiger partial charge in [-0.15, -0.1) is 11.3 Å². The third-order valence-corrected chi connectivity index (χ3v) is 3.82. The predicted octanol–water partition coefficient (Wildman–Crippen LogP) is 3.79. The predicted molar refractivity (Wildman–Crippen MR) is 62.3 cm³/mol. The van der Waals surface area contributed by atoms with E-state index in [2.05, 4.69) is 6.08 Å². The summed E-state index contributed by atoms with van der Waals surface area (Å²) in [5.74, 6) is -0.819. The SMILES string of the molecule is O=C(O)c1ccc(C2=CCCCCC2)s1. The van der Waals surface area contributed by atoms with E-state index in [4.69, 9.17) is 5.11 Å². The normalized spacial score (nSPS) is 16.9. The molecule has 1 aliphatic carbocycles. The Morgan fingerprint density at radius 2 is 2.13 bits per heavy atom. The molecule has 0 aliphatic heterocycles. The zero-order chi connectivity index (χ0) is 10.7. The van der Waals surface area contributed by atoms with E-state index in [1.807, 2.05) is 6.07 Å². The molecule has 1 aromatic rings. The van der Waals surface area contributed by atoms with E-state index in [-0.39, 0.29) is 0 Å². The van der Waals surface area contributed by atoms with Crippen molar-refractivity contribution >= 4 is 22.9 Å². The Morgan fingerprint density at radius 3 is 2.87 bits per heavy atom. The van der Waals surface area contributed by atoms with Gasteiger partial charge in [-0.05, 0) is 43.4 Å². The largest absolute Gasteiger partial charge is 0.477 e. The molecule has 0 unspecified atom stereocenters. The smallest absolute Gasteiger partial charge is 0.345 e. The lowest BCUT2D eigenvalue weighted by atomic mass is 10.1. The van der Waals surface area contributed by atoms with Crippen molar-refractivity contribution in [2.24, 2.45) is 0 Å². The van der Waals surface area contributed by atoms with Gasteiger partial charge in [0.2, 0.25) is 0 Å². The topological polar surface area (TPSA) is 37.3 Å². The fourth-order valence-corrected chi connectivity index (χ4v) is 2.78. The molecule has 0 saturated carbocycles. The van der Waals surface area contributed by atoms with Crippen LogP contribution in [0.4, 0.5) is 0 Å². The van der Waals surface area contributed by atoms with Crippen LogP contribution >= 0.6 is 11.3 Å². The third kappa shape index (κ3) is 2.48. The Bertz CT molecular complexity index is 390. The zero-order valence-corrected chi connectivity index (χ0v) is 9.35. The van der Waals surface area contributed by atoms with Gasteiger partial charge in [0.15, 0.2) is 0 Å². The molecule has 0 radical (unpaired) electrons. The van der Waals surface area contributed by atoms with Gasteiger partial charge in [0.1, 0.15) is 4.88 Å². The highest BCUT2D eigenvalue weighted by Crippen LogP contribution is 2.30. The number of carboxylic acid groups (broad SMARTS) is 1. The van der Waals surface area contributed by atoms with Crippen molar-refractivity contribution in [2.75, 3.05) is 0 Å². The molecule has 2 rings (SSSR count). The summed E-state index contributed by atoms with van der Waals surface area (Å²) < 4.78 is 0. The molecule has 0 saturated heterocycles. The summed E-state index contributed by atoms with van der Waals surface area (Å²) >= 11 is 1.39. The fourth-order valence-electron chi connectivity index (χ4n) is 1.86. The monoisotopic (exact) mass is 222 g/mol. The molecule has 15 heavy (non-hydrogen) atoms. The fraction of sp³-hybridized carbons (Fsp3) is 0.417.